The van der Waals surface area contributed by atoms with Crippen LogP contribution in [0.2, 0.25) is 0 Å². The van der Waals surface area contributed by atoms with Gasteiger partial charge in [-0.1, -0.05) is 6.07 Å². The van der Waals surface area contributed by atoms with Gasteiger partial charge in [0.1, 0.15) is 36.8 Å². The van der Waals surface area contributed by atoms with E-state index < -0.39 is 37.7 Å². The lowest BCUT2D eigenvalue weighted by Crippen LogP contribution is -2.55. The van der Waals surface area contributed by atoms with Gasteiger partial charge in [-0.05, 0) is 60.4 Å². The molecule has 11 nitrogen and oxygen atoms in total. The number of amides is 1. The number of hydrogen-bond donors (Lipinski definition) is 2. The van der Waals surface area contributed by atoms with E-state index in [4.69, 9.17) is 9.47 Å². The second-order valence-electron chi connectivity index (χ2n) is 10.6. The predicted octanol–water partition coefficient (Wildman–Crippen LogP) is 2.57. The number of benzene rings is 1. The van der Waals surface area contributed by atoms with Crippen LogP contribution in [0.5, 0.6) is 5.75 Å². The van der Waals surface area contributed by atoms with Crippen molar-refractivity contribution < 1.29 is 36.2 Å². The van der Waals surface area contributed by atoms with Gasteiger partial charge in [0.2, 0.25) is 0 Å². The molecule has 40 heavy (non-hydrogen) atoms. The average Bonchev–Trinajstić information content (AvgIpc) is 3.61. The van der Waals surface area contributed by atoms with Gasteiger partial charge in [0.25, 0.3) is 15.9 Å². The Bertz CT molecular complexity index is 1690. The number of aryl methyl sites for hydroxylation is 2. The van der Waals surface area contributed by atoms with Gasteiger partial charge < -0.3 is 24.8 Å². The molecule has 2 N–H and O–H groups in total. The van der Waals surface area contributed by atoms with E-state index in [2.05, 4.69) is 9.71 Å². The minimum absolute atomic E-state index is 0.0163. The highest BCUT2D eigenvalue weighted by Gasteiger charge is 2.58. The summed E-state index contributed by atoms with van der Waals surface area (Å²) in [5.41, 5.74) is 1.96. The Kier molecular flexibility index (Phi) is 6.52. The molecule has 0 aliphatic carbocycles. The smallest absolute Gasteiger partial charge is 0.287 e. The van der Waals surface area contributed by atoms with Gasteiger partial charge in [0, 0.05) is 12.8 Å². The fourth-order valence-electron chi connectivity index (χ4n) is 6.12. The van der Waals surface area contributed by atoms with E-state index in [0.717, 1.165) is 41.6 Å². The van der Waals surface area contributed by atoms with Crippen LogP contribution >= 0.6 is 11.3 Å². The van der Waals surface area contributed by atoms with E-state index in [-0.39, 0.29) is 58.0 Å². The van der Waals surface area contributed by atoms with Gasteiger partial charge in [0.15, 0.2) is 5.84 Å². The SMILES string of the molecule is COc1ccc(CN2C(=O)C(C3=NS(=O)(=O)c4c(CCS(C)(=O)=O)csc4N3)=C(O)C3C4CCC(O4)C32)c(C)c1. The zero-order valence-corrected chi connectivity index (χ0v) is 24.5. The van der Waals surface area contributed by atoms with E-state index in [1.54, 1.807) is 17.4 Å². The molecule has 2 aromatic rings. The van der Waals surface area contributed by atoms with E-state index in [0.29, 0.717) is 11.3 Å². The molecule has 4 unspecified atom stereocenters. The average molecular weight is 608 g/mol. The Labute approximate surface area is 236 Å². The molecule has 4 atom stereocenters. The molecule has 2 fully saturated rings. The first kappa shape index (κ1) is 27.2. The van der Waals surface area contributed by atoms with Gasteiger partial charge in [-0.25, -0.2) is 8.42 Å². The zero-order chi connectivity index (χ0) is 28.6. The molecule has 14 heteroatoms. The first-order valence-corrected chi connectivity index (χ1v) is 17.2. The van der Waals surface area contributed by atoms with Gasteiger partial charge in [-0.3, -0.25) is 4.79 Å². The van der Waals surface area contributed by atoms with E-state index in [9.17, 15) is 26.7 Å². The fourth-order valence-corrected chi connectivity index (χ4v) is 9.38. The maximum absolute atomic E-state index is 14.1. The number of nitrogens with one attached hydrogen (secondary N) is 1. The van der Waals surface area contributed by atoms with Crippen molar-refractivity contribution in [3.8, 4) is 5.75 Å². The fraction of sp³-hybridized carbons (Fsp3) is 0.462. The minimum Gasteiger partial charge on any atom is -0.511 e. The van der Waals surface area contributed by atoms with Crippen molar-refractivity contribution in [2.45, 2.75) is 55.9 Å². The number of sulfonamides is 1. The van der Waals surface area contributed by atoms with Crippen molar-refractivity contribution in [2.75, 3.05) is 24.4 Å². The first-order valence-electron chi connectivity index (χ1n) is 12.8. The zero-order valence-electron chi connectivity index (χ0n) is 22.1. The summed E-state index contributed by atoms with van der Waals surface area (Å²) in [7, 11) is -6.02. The van der Waals surface area contributed by atoms with Gasteiger partial charge in [-0.2, -0.15) is 8.42 Å². The number of aliphatic hydroxyl groups is 1. The second kappa shape index (κ2) is 9.57. The number of fused-ring (bicyclic) bond motifs is 6. The Morgan fingerprint density at radius 2 is 2.00 bits per heavy atom. The van der Waals surface area contributed by atoms with E-state index in [1.807, 2.05) is 25.1 Å². The van der Waals surface area contributed by atoms with Crippen LogP contribution in [0.15, 0.2) is 44.2 Å². The molecule has 2 saturated heterocycles. The quantitative estimate of drug-likeness (QED) is 0.484. The predicted molar refractivity (Wildman–Crippen MR) is 149 cm³/mol. The van der Waals surface area contributed by atoms with Crippen LogP contribution in [-0.4, -0.2) is 76.0 Å². The number of hydrogen-bond acceptors (Lipinski definition) is 10. The standard InChI is InChI=1S/C26H29N3O8S3/c1-13-10-16(36-2)5-4-14(13)11-29-21-18-7-6-17(37-18)19(21)22(30)20(26(29)31)24-27-25-23(40(34,35)28-24)15(12-38-25)8-9-39(3,32)33/h4-5,10,12,17-19,21,30H,6-9,11H2,1-3H3,(H,27,28). The van der Waals surface area contributed by atoms with Crippen LogP contribution in [-0.2, 0) is 42.4 Å². The largest absolute Gasteiger partial charge is 0.511 e. The highest BCUT2D eigenvalue weighted by molar-refractivity contribution is 7.91. The number of carbonyl (C=O) groups excluding carboxylic acids is 1. The van der Waals surface area contributed by atoms with E-state index in [1.165, 1.54) is 0 Å². The second-order valence-corrected chi connectivity index (χ2v) is 15.3. The molecule has 0 radical (unpaired) electrons. The summed E-state index contributed by atoms with van der Waals surface area (Å²) < 4.78 is 65.4. The number of thiophene rings is 1. The number of methoxy groups -OCH3 is 1. The number of aliphatic hydroxyl groups excluding tert-OH is 1. The van der Waals surface area contributed by atoms with E-state index >= 15 is 0 Å². The summed E-state index contributed by atoms with van der Waals surface area (Å²) in [4.78, 5) is 15.6. The summed E-state index contributed by atoms with van der Waals surface area (Å²) in [6.45, 7) is 2.16. The summed E-state index contributed by atoms with van der Waals surface area (Å²) in [6, 6.07) is 5.20. The maximum atomic E-state index is 14.1. The highest BCUT2D eigenvalue weighted by Crippen LogP contribution is 2.49. The number of anilines is 1. The molecule has 0 spiro atoms. The molecule has 6 rings (SSSR count). The maximum Gasteiger partial charge on any atom is 0.287 e. The molecule has 2 bridgehead atoms. The molecule has 4 aliphatic heterocycles. The molecule has 4 aliphatic rings. The number of rotatable bonds is 7. The van der Waals surface area contributed by atoms with Crippen LogP contribution in [0.3, 0.4) is 0 Å². The van der Waals surface area contributed by atoms with Crippen LogP contribution < -0.4 is 10.1 Å². The molecule has 5 heterocycles. The van der Waals surface area contributed by atoms with Crippen molar-refractivity contribution in [1.82, 2.24) is 4.90 Å². The normalized spacial score (nSPS) is 26.8. The molecular weight excluding hydrogens is 579 g/mol. The Morgan fingerprint density at radius 3 is 2.70 bits per heavy atom. The molecule has 1 aromatic heterocycles. The first-order chi connectivity index (χ1) is 18.9. The Morgan fingerprint density at radius 1 is 1.25 bits per heavy atom. The highest BCUT2D eigenvalue weighted by atomic mass is 32.2. The molecular formula is C26H29N3O8S3. The van der Waals surface area contributed by atoms with Gasteiger partial charge in [0.05, 0.1) is 37.0 Å². The van der Waals surface area contributed by atoms with Crippen molar-refractivity contribution >= 4 is 47.9 Å². The van der Waals surface area contributed by atoms with Crippen LogP contribution in [0.4, 0.5) is 5.00 Å². The third kappa shape index (κ3) is 4.50. The lowest BCUT2D eigenvalue weighted by Gasteiger charge is -2.42. The summed E-state index contributed by atoms with van der Waals surface area (Å²) in [6.07, 6.45) is 2.07. The van der Waals surface area contributed by atoms with Crippen LogP contribution in [0, 0.1) is 12.8 Å². The monoisotopic (exact) mass is 607 g/mol. The topological polar surface area (TPSA) is 152 Å². The van der Waals surface area contributed by atoms with Crippen LogP contribution in [0.1, 0.15) is 29.5 Å². The number of nitrogens with zero attached hydrogens (tertiary/aromatic N) is 2. The third-order valence-corrected chi connectivity index (χ3v) is 11.5. The molecule has 0 saturated carbocycles. The summed E-state index contributed by atoms with van der Waals surface area (Å²) in [5, 5.41) is 16.2. The Hall–Kier alpha value is -2.94. The van der Waals surface area contributed by atoms with Gasteiger partial charge >= 0.3 is 0 Å². The summed E-state index contributed by atoms with van der Waals surface area (Å²) >= 11 is 1.08. The van der Waals surface area contributed by atoms with Crippen molar-refractivity contribution in [2.24, 2.45) is 10.3 Å². The summed E-state index contributed by atoms with van der Waals surface area (Å²) in [5.74, 6) is -1.03. The lowest BCUT2D eigenvalue weighted by atomic mass is 9.77. The van der Waals surface area contributed by atoms with Crippen molar-refractivity contribution in [3.63, 3.8) is 0 Å². The molecule has 1 amide bonds. The number of carbonyl (C=O) groups is 1. The third-order valence-electron chi connectivity index (χ3n) is 8.03. The molecule has 1 aromatic carbocycles. The van der Waals surface area contributed by atoms with Crippen LogP contribution in [0.25, 0.3) is 0 Å². The van der Waals surface area contributed by atoms with Crippen molar-refractivity contribution in [1.29, 1.82) is 0 Å². The number of amidine groups is 1. The lowest BCUT2D eigenvalue weighted by molar-refractivity contribution is -0.133. The number of ether oxygens (including phenoxy) is 2. The van der Waals surface area contributed by atoms with Crippen molar-refractivity contribution in [3.05, 3.63) is 51.6 Å². The number of sulfone groups is 1. The minimum atomic E-state index is -4.29. The Balaban J connectivity index is 1.39. The van der Waals surface area contributed by atoms with Gasteiger partial charge in [-0.15, -0.1) is 15.7 Å². The molecule has 214 valence electrons.